The molecule has 0 saturated carbocycles. The Balaban J connectivity index is 2.19. The van der Waals surface area contributed by atoms with Gasteiger partial charge in [0.1, 0.15) is 0 Å². The molecule has 2 aromatic rings. The second kappa shape index (κ2) is 3.97. The molecule has 0 bridgehead atoms. The normalized spacial score (nSPS) is 9.79. The van der Waals surface area contributed by atoms with Crippen molar-refractivity contribution in [2.75, 3.05) is 5.32 Å². The molecule has 0 unspecified atom stereocenters. The molecule has 0 atom stereocenters. The van der Waals surface area contributed by atoms with E-state index in [0.29, 0.717) is 0 Å². The van der Waals surface area contributed by atoms with Crippen LogP contribution >= 0.6 is 0 Å². The van der Waals surface area contributed by atoms with Gasteiger partial charge in [-0.1, -0.05) is 30.3 Å². The van der Waals surface area contributed by atoms with Gasteiger partial charge in [-0.2, -0.15) is 0 Å². The van der Waals surface area contributed by atoms with Gasteiger partial charge in [-0.05, 0) is 36.8 Å². The van der Waals surface area contributed by atoms with Crippen LogP contribution in [-0.4, -0.2) is 0 Å². The molecule has 0 aliphatic heterocycles. The number of benzene rings is 2. The minimum Gasteiger partial charge on any atom is -0.356 e. The maximum Gasteiger partial charge on any atom is 0.0386 e. The second-order valence-electron chi connectivity index (χ2n) is 3.19. The quantitative estimate of drug-likeness (QED) is 0.748. The highest BCUT2D eigenvalue weighted by molar-refractivity contribution is 5.60. The smallest absolute Gasteiger partial charge is 0.0386 e. The van der Waals surface area contributed by atoms with Crippen LogP contribution in [0.25, 0.3) is 0 Å². The highest BCUT2D eigenvalue weighted by atomic mass is 14.9. The summed E-state index contributed by atoms with van der Waals surface area (Å²) in [5, 5.41) is 3.30. The van der Waals surface area contributed by atoms with Crippen molar-refractivity contribution >= 4 is 11.4 Å². The third-order valence-electron chi connectivity index (χ3n) is 1.99. The van der Waals surface area contributed by atoms with Crippen molar-refractivity contribution in [2.45, 2.75) is 0 Å². The standard InChI is InChI=1S/C13H12N/c1-11-6-5-9-13(10-11)14-12-7-3-2-4-8-12/h2-10,14H,1H2. The van der Waals surface area contributed by atoms with Crippen molar-refractivity contribution in [1.82, 2.24) is 0 Å². The summed E-state index contributed by atoms with van der Waals surface area (Å²) < 4.78 is 0. The lowest BCUT2D eigenvalue weighted by atomic mass is 10.2. The lowest BCUT2D eigenvalue weighted by Gasteiger charge is -2.06. The molecule has 1 radical (unpaired) electrons. The SMILES string of the molecule is [CH2]c1cccc(Nc2ccccc2)c1. The number of para-hydroxylation sites is 1. The summed E-state index contributed by atoms with van der Waals surface area (Å²) in [5.74, 6) is 0. The number of hydrogen-bond acceptors (Lipinski definition) is 1. The molecule has 2 rings (SSSR count). The van der Waals surface area contributed by atoms with Crippen LogP contribution in [-0.2, 0) is 0 Å². The minimum atomic E-state index is 1.02. The van der Waals surface area contributed by atoms with E-state index in [1.54, 1.807) is 0 Å². The van der Waals surface area contributed by atoms with Crippen molar-refractivity contribution in [2.24, 2.45) is 0 Å². The van der Waals surface area contributed by atoms with E-state index in [0.717, 1.165) is 16.9 Å². The van der Waals surface area contributed by atoms with E-state index in [9.17, 15) is 0 Å². The van der Waals surface area contributed by atoms with Gasteiger partial charge in [0.05, 0.1) is 0 Å². The van der Waals surface area contributed by atoms with E-state index < -0.39 is 0 Å². The average molecular weight is 182 g/mol. The van der Waals surface area contributed by atoms with E-state index in [2.05, 4.69) is 12.2 Å². The first-order valence-corrected chi connectivity index (χ1v) is 4.59. The molecule has 0 fully saturated rings. The molecule has 1 N–H and O–H groups in total. The van der Waals surface area contributed by atoms with Gasteiger partial charge in [0.25, 0.3) is 0 Å². The zero-order valence-electron chi connectivity index (χ0n) is 7.90. The van der Waals surface area contributed by atoms with E-state index in [1.165, 1.54) is 0 Å². The summed E-state index contributed by atoms with van der Waals surface area (Å²) in [4.78, 5) is 0. The second-order valence-corrected chi connectivity index (χ2v) is 3.19. The molecular weight excluding hydrogens is 170 g/mol. The van der Waals surface area contributed by atoms with Gasteiger partial charge in [0.2, 0.25) is 0 Å². The number of nitrogens with one attached hydrogen (secondary N) is 1. The highest BCUT2D eigenvalue weighted by Crippen LogP contribution is 2.16. The van der Waals surface area contributed by atoms with Crippen LogP contribution in [0.1, 0.15) is 5.56 Å². The van der Waals surface area contributed by atoms with Crippen molar-refractivity contribution in [3.8, 4) is 0 Å². The zero-order chi connectivity index (χ0) is 9.80. The summed E-state index contributed by atoms with van der Waals surface area (Å²) in [5.41, 5.74) is 3.19. The van der Waals surface area contributed by atoms with Gasteiger partial charge in [-0.3, -0.25) is 0 Å². The summed E-state index contributed by atoms with van der Waals surface area (Å²) in [6.07, 6.45) is 0. The molecule has 0 spiro atoms. The molecule has 2 aromatic carbocycles. The van der Waals surface area contributed by atoms with Gasteiger partial charge in [0.15, 0.2) is 0 Å². The zero-order valence-corrected chi connectivity index (χ0v) is 7.90. The Kier molecular flexibility index (Phi) is 2.50. The van der Waals surface area contributed by atoms with Crippen molar-refractivity contribution in [3.63, 3.8) is 0 Å². The molecule has 69 valence electrons. The predicted molar refractivity (Wildman–Crippen MR) is 60.6 cm³/mol. The Morgan fingerprint density at radius 3 is 2.21 bits per heavy atom. The van der Waals surface area contributed by atoms with Crippen LogP contribution in [0.4, 0.5) is 11.4 Å². The van der Waals surface area contributed by atoms with Crippen molar-refractivity contribution < 1.29 is 0 Å². The van der Waals surface area contributed by atoms with Crippen LogP contribution in [0, 0.1) is 6.92 Å². The fourth-order valence-electron chi connectivity index (χ4n) is 1.34. The number of anilines is 2. The van der Waals surface area contributed by atoms with Crippen LogP contribution in [0.3, 0.4) is 0 Å². The molecule has 0 aliphatic rings. The van der Waals surface area contributed by atoms with Gasteiger partial charge >= 0.3 is 0 Å². The van der Waals surface area contributed by atoms with Crippen molar-refractivity contribution in [3.05, 3.63) is 67.1 Å². The summed E-state index contributed by atoms with van der Waals surface area (Å²) >= 11 is 0. The maximum atomic E-state index is 3.88. The van der Waals surface area contributed by atoms with Crippen molar-refractivity contribution in [1.29, 1.82) is 0 Å². The summed E-state index contributed by atoms with van der Waals surface area (Å²) in [6.45, 7) is 3.88. The molecular formula is C13H12N. The Hall–Kier alpha value is -1.76. The van der Waals surface area contributed by atoms with E-state index in [1.807, 2.05) is 54.6 Å². The van der Waals surface area contributed by atoms with Gasteiger partial charge < -0.3 is 5.32 Å². The molecule has 0 saturated heterocycles. The third-order valence-corrected chi connectivity index (χ3v) is 1.99. The summed E-state index contributed by atoms with van der Waals surface area (Å²) in [7, 11) is 0. The average Bonchev–Trinajstić information content (AvgIpc) is 2.19. The first kappa shape index (κ1) is 8.82. The fourth-order valence-corrected chi connectivity index (χ4v) is 1.34. The van der Waals surface area contributed by atoms with Crippen LogP contribution in [0.2, 0.25) is 0 Å². The first-order valence-electron chi connectivity index (χ1n) is 4.59. The molecule has 1 heteroatoms. The minimum absolute atomic E-state index is 1.02. The largest absolute Gasteiger partial charge is 0.356 e. The molecule has 0 aliphatic carbocycles. The Morgan fingerprint density at radius 1 is 0.786 bits per heavy atom. The Bertz CT molecular complexity index is 407. The lowest BCUT2D eigenvalue weighted by Crippen LogP contribution is -1.89. The van der Waals surface area contributed by atoms with Gasteiger partial charge in [-0.15, -0.1) is 0 Å². The van der Waals surface area contributed by atoms with Crippen LogP contribution < -0.4 is 5.32 Å². The molecule has 0 heterocycles. The maximum absolute atomic E-state index is 3.88. The topological polar surface area (TPSA) is 12.0 Å². The van der Waals surface area contributed by atoms with E-state index in [-0.39, 0.29) is 0 Å². The molecule has 1 nitrogen and oxygen atoms in total. The van der Waals surface area contributed by atoms with Crippen LogP contribution in [0.5, 0.6) is 0 Å². The summed E-state index contributed by atoms with van der Waals surface area (Å²) in [6, 6.07) is 18.1. The first-order chi connectivity index (χ1) is 6.84. The monoisotopic (exact) mass is 182 g/mol. The van der Waals surface area contributed by atoms with E-state index in [4.69, 9.17) is 0 Å². The van der Waals surface area contributed by atoms with Gasteiger partial charge in [0, 0.05) is 11.4 Å². The van der Waals surface area contributed by atoms with Crippen LogP contribution in [0.15, 0.2) is 54.6 Å². The highest BCUT2D eigenvalue weighted by Gasteiger charge is 1.92. The Labute approximate surface area is 84.4 Å². The lowest BCUT2D eigenvalue weighted by molar-refractivity contribution is 1.52. The third kappa shape index (κ3) is 2.13. The van der Waals surface area contributed by atoms with Gasteiger partial charge in [-0.25, -0.2) is 0 Å². The Morgan fingerprint density at radius 2 is 1.50 bits per heavy atom. The molecule has 0 aromatic heterocycles. The predicted octanol–water partition coefficient (Wildman–Crippen LogP) is 3.61. The molecule has 14 heavy (non-hydrogen) atoms. The van der Waals surface area contributed by atoms with E-state index >= 15 is 0 Å². The number of rotatable bonds is 2. The fraction of sp³-hybridized carbons (Fsp3) is 0. The number of hydrogen-bond donors (Lipinski definition) is 1. The molecule has 0 amide bonds.